The molecule has 2 rings (SSSR count). The van der Waals surface area contributed by atoms with Gasteiger partial charge in [0.1, 0.15) is 0 Å². The van der Waals surface area contributed by atoms with E-state index in [1.165, 1.54) is 19.2 Å². The third-order valence-electron chi connectivity index (χ3n) is 3.22. The Bertz CT molecular complexity index is 724. The number of benzene rings is 1. The molecule has 2 aromatic rings. The molecule has 0 saturated carbocycles. The first-order chi connectivity index (χ1) is 9.94. The molecule has 7 nitrogen and oxygen atoms in total. The van der Waals surface area contributed by atoms with Crippen LogP contribution in [0, 0.1) is 0 Å². The van der Waals surface area contributed by atoms with Crippen molar-refractivity contribution in [3.63, 3.8) is 0 Å². The van der Waals surface area contributed by atoms with Gasteiger partial charge in [0.25, 0.3) is 0 Å². The summed E-state index contributed by atoms with van der Waals surface area (Å²) in [6, 6.07) is 6.53. The van der Waals surface area contributed by atoms with E-state index in [1.54, 1.807) is 16.9 Å². The first kappa shape index (κ1) is 15.3. The number of hydrogen-bond donors (Lipinski definition) is 3. The number of hydrogen-bond acceptors (Lipinski definition) is 5. The minimum Gasteiger partial charge on any atom is -0.397 e. The largest absolute Gasteiger partial charge is 0.397 e. The zero-order valence-corrected chi connectivity index (χ0v) is 12.8. The van der Waals surface area contributed by atoms with E-state index in [4.69, 9.17) is 5.73 Å². The molecule has 1 heterocycles. The molecular formula is C13H19N5O2S. The highest BCUT2D eigenvalue weighted by Gasteiger charge is 2.13. The monoisotopic (exact) mass is 309 g/mol. The second-order valence-corrected chi connectivity index (χ2v) is 6.47. The lowest BCUT2D eigenvalue weighted by Gasteiger charge is -2.11. The average Bonchev–Trinajstić information content (AvgIpc) is 2.86. The summed E-state index contributed by atoms with van der Waals surface area (Å²) < 4.78 is 27.6. The van der Waals surface area contributed by atoms with Crippen molar-refractivity contribution in [1.82, 2.24) is 14.5 Å². The number of aryl methyl sites for hydroxylation is 1. The molecule has 0 bridgehead atoms. The maximum absolute atomic E-state index is 11.8. The molecule has 21 heavy (non-hydrogen) atoms. The van der Waals surface area contributed by atoms with E-state index < -0.39 is 10.0 Å². The Morgan fingerprint density at radius 1 is 1.33 bits per heavy atom. The van der Waals surface area contributed by atoms with Crippen LogP contribution in [0.4, 0.5) is 11.4 Å². The lowest BCUT2D eigenvalue weighted by Crippen LogP contribution is -2.19. The van der Waals surface area contributed by atoms with Gasteiger partial charge < -0.3 is 11.1 Å². The molecule has 114 valence electrons. The molecule has 1 aromatic heterocycles. The number of sulfonamides is 1. The number of rotatable bonds is 6. The van der Waals surface area contributed by atoms with Gasteiger partial charge in [-0.1, -0.05) is 0 Å². The van der Waals surface area contributed by atoms with Gasteiger partial charge in [-0.25, -0.2) is 13.1 Å². The third-order valence-corrected chi connectivity index (χ3v) is 4.63. The zero-order valence-electron chi connectivity index (χ0n) is 12.0. The summed E-state index contributed by atoms with van der Waals surface area (Å²) >= 11 is 0. The standard InChI is InChI=1S/C13H19N5O2S/c1-15-21(19,20)11-3-4-12(14)13(9-11)16-7-5-10-6-8-17-18(10)2/h3-4,6,8-9,15-16H,5,7,14H2,1-2H3. The number of nitrogen functional groups attached to an aromatic ring is 1. The van der Waals surface area contributed by atoms with Gasteiger partial charge in [-0.15, -0.1) is 0 Å². The Morgan fingerprint density at radius 3 is 2.71 bits per heavy atom. The van der Waals surface area contributed by atoms with E-state index >= 15 is 0 Å². The average molecular weight is 309 g/mol. The van der Waals surface area contributed by atoms with Crippen LogP contribution in [0.5, 0.6) is 0 Å². The van der Waals surface area contributed by atoms with Crippen molar-refractivity contribution < 1.29 is 8.42 Å². The predicted molar refractivity (Wildman–Crippen MR) is 82.5 cm³/mol. The molecule has 0 fully saturated rings. The molecule has 4 N–H and O–H groups in total. The van der Waals surface area contributed by atoms with Gasteiger partial charge in [-0.05, 0) is 31.3 Å². The minimum atomic E-state index is -3.47. The summed E-state index contributed by atoms with van der Waals surface area (Å²) in [6.45, 7) is 0.632. The summed E-state index contributed by atoms with van der Waals surface area (Å²) in [5, 5.41) is 7.25. The maximum Gasteiger partial charge on any atom is 0.240 e. The first-order valence-electron chi connectivity index (χ1n) is 6.48. The molecule has 0 atom stereocenters. The van der Waals surface area contributed by atoms with E-state index in [2.05, 4.69) is 15.1 Å². The van der Waals surface area contributed by atoms with Crippen molar-refractivity contribution in [2.45, 2.75) is 11.3 Å². The van der Waals surface area contributed by atoms with E-state index in [0.717, 1.165) is 12.1 Å². The lowest BCUT2D eigenvalue weighted by atomic mass is 10.2. The summed E-state index contributed by atoms with van der Waals surface area (Å²) in [5.41, 5.74) is 8.07. The smallest absolute Gasteiger partial charge is 0.240 e. The van der Waals surface area contributed by atoms with Crippen LogP contribution in [0.3, 0.4) is 0 Å². The number of nitrogens with one attached hydrogen (secondary N) is 2. The fraction of sp³-hybridized carbons (Fsp3) is 0.308. The highest BCUT2D eigenvalue weighted by Crippen LogP contribution is 2.22. The Balaban J connectivity index is 2.09. The summed E-state index contributed by atoms with van der Waals surface area (Å²) in [6.07, 6.45) is 2.50. The van der Waals surface area contributed by atoms with Gasteiger partial charge in [-0.3, -0.25) is 4.68 Å². The van der Waals surface area contributed by atoms with Gasteiger partial charge >= 0.3 is 0 Å². The number of nitrogens with two attached hydrogens (primary N) is 1. The van der Waals surface area contributed by atoms with Crippen LogP contribution >= 0.6 is 0 Å². The molecule has 0 aliphatic carbocycles. The molecule has 0 unspecified atom stereocenters. The van der Waals surface area contributed by atoms with E-state index in [-0.39, 0.29) is 4.90 Å². The quantitative estimate of drug-likeness (QED) is 0.677. The van der Waals surface area contributed by atoms with Crippen LogP contribution in [-0.4, -0.2) is 31.8 Å². The van der Waals surface area contributed by atoms with Crippen LogP contribution in [0.1, 0.15) is 5.69 Å². The molecule has 0 aliphatic rings. The molecule has 0 spiro atoms. The fourth-order valence-corrected chi connectivity index (χ4v) is 2.70. The number of anilines is 2. The maximum atomic E-state index is 11.8. The SMILES string of the molecule is CNS(=O)(=O)c1ccc(N)c(NCCc2ccnn2C)c1. The Hall–Kier alpha value is -2.06. The molecule has 0 aliphatic heterocycles. The van der Waals surface area contributed by atoms with Gasteiger partial charge in [0.05, 0.1) is 16.3 Å². The zero-order chi connectivity index (χ0) is 15.5. The minimum absolute atomic E-state index is 0.183. The molecule has 0 radical (unpaired) electrons. The Kier molecular flexibility index (Phi) is 4.49. The van der Waals surface area contributed by atoms with Crippen LogP contribution < -0.4 is 15.8 Å². The summed E-state index contributed by atoms with van der Waals surface area (Å²) in [4.78, 5) is 0.183. The molecule has 0 saturated heterocycles. The Labute approximate surface area is 124 Å². The highest BCUT2D eigenvalue weighted by molar-refractivity contribution is 7.89. The molecule has 1 aromatic carbocycles. The van der Waals surface area contributed by atoms with Crippen LogP contribution in [0.15, 0.2) is 35.4 Å². The van der Waals surface area contributed by atoms with Crippen LogP contribution in [-0.2, 0) is 23.5 Å². The van der Waals surface area contributed by atoms with Gasteiger partial charge in [-0.2, -0.15) is 5.10 Å². The van der Waals surface area contributed by atoms with Gasteiger partial charge in [0.2, 0.25) is 10.0 Å². The van der Waals surface area contributed by atoms with Gasteiger partial charge in [0.15, 0.2) is 0 Å². The van der Waals surface area contributed by atoms with E-state index in [0.29, 0.717) is 17.9 Å². The van der Waals surface area contributed by atoms with Gasteiger partial charge in [0, 0.05) is 31.9 Å². The third kappa shape index (κ3) is 3.53. The van der Waals surface area contributed by atoms with Crippen LogP contribution in [0.25, 0.3) is 0 Å². The van der Waals surface area contributed by atoms with Crippen molar-refractivity contribution in [1.29, 1.82) is 0 Å². The normalized spacial score (nSPS) is 11.5. The number of nitrogens with zero attached hydrogens (tertiary/aromatic N) is 2. The topological polar surface area (TPSA) is 102 Å². The lowest BCUT2D eigenvalue weighted by molar-refractivity contribution is 0.588. The summed E-state index contributed by atoms with van der Waals surface area (Å²) in [7, 11) is -0.217. The molecule has 8 heteroatoms. The van der Waals surface area contributed by atoms with Crippen molar-refractivity contribution >= 4 is 21.4 Å². The molecule has 0 amide bonds. The Morgan fingerprint density at radius 2 is 2.10 bits per heavy atom. The first-order valence-corrected chi connectivity index (χ1v) is 7.96. The van der Waals surface area contributed by atoms with Crippen molar-refractivity contribution in [2.75, 3.05) is 24.6 Å². The summed E-state index contributed by atoms with van der Waals surface area (Å²) in [5.74, 6) is 0. The fourth-order valence-electron chi connectivity index (χ4n) is 1.95. The van der Waals surface area contributed by atoms with E-state index in [1.807, 2.05) is 13.1 Å². The van der Waals surface area contributed by atoms with Crippen molar-refractivity contribution in [3.8, 4) is 0 Å². The van der Waals surface area contributed by atoms with Crippen LogP contribution in [0.2, 0.25) is 0 Å². The van der Waals surface area contributed by atoms with E-state index in [9.17, 15) is 8.42 Å². The second-order valence-electron chi connectivity index (χ2n) is 4.58. The van der Waals surface area contributed by atoms with Crippen molar-refractivity contribution in [2.24, 2.45) is 7.05 Å². The molecular weight excluding hydrogens is 290 g/mol. The van der Waals surface area contributed by atoms with Crippen molar-refractivity contribution in [3.05, 3.63) is 36.2 Å². The number of aromatic nitrogens is 2. The predicted octanol–water partition coefficient (Wildman–Crippen LogP) is 0.565. The highest BCUT2D eigenvalue weighted by atomic mass is 32.2. The second kappa shape index (κ2) is 6.15.